The Kier molecular flexibility index (Phi) is 10.4. The first kappa shape index (κ1) is 32.4. The van der Waals surface area contributed by atoms with Gasteiger partial charge in [-0.05, 0) is 74.1 Å². The second-order valence-corrected chi connectivity index (χ2v) is 13.8. The van der Waals surface area contributed by atoms with E-state index in [-0.39, 0.29) is 16.4 Å². The van der Waals surface area contributed by atoms with E-state index < -0.39 is 0 Å². The third-order valence-electron chi connectivity index (χ3n) is 7.64. The molecule has 0 saturated carbocycles. The molecule has 2 aromatic heterocycles. The van der Waals surface area contributed by atoms with Gasteiger partial charge in [-0.2, -0.15) is 0 Å². The van der Waals surface area contributed by atoms with Gasteiger partial charge < -0.3 is 29.2 Å². The molecule has 7 heteroatoms. The number of pyridine rings is 1. The Hall–Kier alpha value is -3.55. The van der Waals surface area contributed by atoms with Gasteiger partial charge in [0.05, 0.1) is 25.1 Å². The Morgan fingerprint density at radius 3 is 2.28 bits per heavy atom. The number of imidazole rings is 1. The van der Waals surface area contributed by atoms with E-state index in [4.69, 9.17) is 19.2 Å². The van der Waals surface area contributed by atoms with Crippen molar-refractivity contribution < 1.29 is 14.2 Å². The number of nitrogens with zero attached hydrogens (tertiary/aromatic N) is 2. The number of ether oxygens (including phenoxy) is 3. The van der Waals surface area contributed by atoms with Crippen molar-refractivity contribution in [2.75, 3.05) is 32.1 Å². The fourth-order valence-electron chi connectivity index (χ4n) is 4.74. The van der Waals surface area contributed by atoms with Crippen LogP contribution in [-0.2, 0) is 16.8 Å². The number of aromatic nitrogens is 2. The van der Waals surface area contributed by atoms with Gasteiger partial charge in [0.25, 0.3) is 0 Å². The van der Waals surface area contributed by atoms with Crippen molar-refractivity contribution in [3.63, 3.8) is 0 Å². The summed E-state index contributed by atoms with van der Waals surface area (Å²) in [6, 6.07) is 20.0. The van der Waals surface area contributed by atoms with Crippen molar-refractivity contribution in [3.05, 3.63) is 84.3 Å². The predicted octanol–water partition coefficient (Wildman–Crippen LogP) is 8.24. The van der Waals surface area contributed by atoms with E-state index in [9.17, 15) is 0 Å². The van der Waals surface area contributed by atoms with Crippen molar-refractivity contribution in [3.8, 4) is 17.2 Å². The minimum atomic E-state index is -0.000910. The summed E-state index contributed by atoms with van der Waals surface area (Å²) in [7, 11) is 1.90. The molecule has 0 aliphatic heterocycles. The van der Waals surface area contributed by atoms with E-state index in [1.165, 1.54) is 0 Å². The van der Waals surface area contributed by atoms with Gasteiger partial charge >= 0.3 is 0 Å². The van der Waals surface area contributed by atoms with Crippen molar-refractivity contribution in [1.82, 2.24) is 14.7 Å². The molecule has 0 atom stereocenters. The summed E-state index contributed by atoms with van der Waals surface area (Å²) in [6.45, 7) is 18.3. The van der Waals surface area contributed by atoms with E-state index in [0.717, 1.165) is 59.2 Å². The van der Waals surface area contributed by atoms with Crippen LogP contribution in [0.25, 0.3) is 5.65 Å². The van der Waals surface area contributed by atoms with Crippen LogP contribution in [0.4, 0.5) is 5.69 Å². The molecule has 7 nitrogen and oxygen atoms in total. The lowest BCUT2D eigenvalue weighted by atomic mass is 9.83. The van der Waals surface area contributed by atoms with Crippen LogP contribution in [0, 0.1) is 5.41 Å². The zero-order valence-corrected chi connectivity index (χ0v) is 27.3. The molecular formula is C36H50N4O3. The molecule has 232 valence electrons. The molecule has 0 aliphatic carbocycles. The molecular weight excluding hydrogens is 536 g/mol. The standard InChI is InChI=1S/C36H50N4O3/c1-34(2,3)32-24-40-23-31(16-17-33(40)39-32)42-21-20-38-36(6,7)19-18-35(4,5)26-41-25-27-12-14-29(15-13-27)43-30-11-9-10-28(22-30)37-8/h9-17,22-24,37-38H,18-21,25-26H2,1-8H3. The summed E-state index contributed by atoms with van der Waals surface area (Å²) in [5.74, 6) is 2.47. The maximum atomic E-state index is 6.14. The summed E-state index contributed by atoms with van der Waals surface area (Å²) in [6.07, 6.45) is 6.20. The van der Waals surface area contributed by atoms with Gasteiger partial charge in [0.1, 0.15) is 29.5 Å². The monoisotopic (exact) mass is 586 g/mol. The van der Waals surface area contributed by atoms with E-state index in [0.29, 0.717) is 19.8 Å². The lowest BCUT2D eigenvalue weighted by molar-refractivity contribution is 0.0425. The summed E-state index contributed by atoms with van der Waals surface area (Å²) in [4.78, 5) is 4.73. The molecule has 0 bridgehead atoms. The maximum absolute atomic E-state index is 6.14. The van der Waals surface area contributed by atoms with Crippen LogP contribution in [0.3, 0.4) is 0 Å². The van der Waals surface area contributed by atoms with Gasteiger partial charge in [0.15, 0.2) is 0 Å². The van der Waals surface area contributed by atoms with Crippen molar-refractivity contribution >= 4 is 11.3 Å². The highest BCUT2D eigenvalue weighted by Gasteiger charge is 2.24. The van der Waals surface area contributed by atoms with E-state index >= 15 is 0 Å². The summed E-state index contributed by atoms with van der Waals surface area (Å²) < 4.78 is 20.2. The fourth-order valence-corrected chi connectivity index (χ4v) is 4.74. The average molecular weight is 587 g/mol. The molecule has 2 heterocycles. The molecule has 0 spiro atoms. The molecule has 4 aromatic rings. The van der Waals surface area contributed by atoms with Crippen LogP contribution in [0.15, 0.2) is 73.1 Å². The summed E-state index contributed by atoms with van der Waals surface area (Å²) in [5, 5.41) is 6.81. The van der Waals surface area contributed by atoms with Gasteiger partial charge in [0, 0.05) is 42.5 Å². The number of fused-ring (bicyclic) bond motifs is 1. The third kappa shape index (κ3) is 10.0. The molecule has 0 saturated heterocycles. The van der Waals surface area contributed by atoms with Crippen molar-refractivity contribution in [1.29, 1.82) is 0 Å². The molecule has 2 aromatic carbocycles. The highest BCUT2D eigenvalue weighted by molar-refractivity contribution is 5.48. The predicted molar refractivity (Wildman–Crippen MR) is 177 cm³/mol. The highest BCUT2D eigenvalue weighted by atomic mass is 16.5. The van der Waals surface area contributed by atoms with Gasteiger partial charge in [-0.3, -0.25) is 0 Å². The number of nitrogens with one attached hydrogen (secondary N) is 2. The average Bonchev–Trinajstić information content (AvgIpc) is 3.40. The number of rotatable bonds is 15. The molecule has 0 unspecified atom stereocenters. The van der Waals surface area contributed by atoms with Crippen LogP contribution < -0.4 is 20.1 Å². The Bertz CT molecular complexity index is 1450. The zero-order chi connectivity index (χ0) is 31.1. The first-order chi connectivity index (χ1) is 20.3. The van der Waals surface area contributed by atoms with Gasteiger partial charge in [-0.25, -0.2) is 4.98 Å². The molecule has 0 aliphatic rings. The first-order valence-electron chi connectivity index (χ1n) is 15.3. The molecule has 0 fully saturated rings. The first-order valence-corrected chi connectivity index (χ1v) is 15.3. The highest BCUT2D eigenvalue weighted by Crippen LogP contribution is 2.28. The van der Waals surface area contributed by atoms with Gasteiger partial charge in [-0.1, -0.05) is 52.8 Å². The lowest BCUT2D eigenvalue weighted by Gasteiger charge is -2.32. The molecule has 2 N–H and O–H groups in total. The van der Waals surface area contributed by atoms with Crippen LogP contribution >= 0.6 is 0 Å². The topological polar surface area (TPSA) is 69.0 Å². The normalized spacial score (nSPS) is 12.5. The molecule has 43 heavy (non-hydrogen) atoms. The van der Waals surface area contributed by atoms with E-state index in [1.807, 2.05) is 66.2 Å². The Labute approximate surface area is 258 Å². The van der Waals surface area contributed by atoms with Crippen molar-refractivity contribution in [2.45, 2.75) is 78.9 Å². The third-order valence-corrected chi connectivity index (χ3v) is 7.64. The van der Waals surface area contributed by atoms with Crippen LogP contribution in [0.5, 0.6) is 17.2 Å². The Balaban J connectivity index is 1.15. The largest absolute Gasteiger partial charge is 0.491 e. The number of anilines is 1. The minimum Gasteiger partial charge on any atom is -0.491 e. The second-order valence-electron chi connectivity index (χ2n) is 13.8. The van der Waals surface area contributed by atoms with E-state index in [2.05, 4.69) is 77.4 Å². The Morgan fingerprint density at radius 1 is 0.814 bits per heavy atom. The maximum Gasteiger partial charge on any atom is 0.137 e. The SMILES string of the molecule is CNc1cccc(Oc2ccc(COCC(C)(C)CCC(C)(C)NCCOc3ccc4nc(C(C)(C)C)cn4c3)cc2)c1. The smallest absolute Gasteiger partial charge is 0.137 e. The molecule has 0 amide bonds. The van der Waals surface area contributed by atoms with Crippen LogP contribution in [0.2, 0.25) is 0 Å². The Morgan fingerprint density at radius 2 is 1.56 bits per heavy atom. The fraction of sp³-hybridized carbons (Fsp3) is 0.472. The summed E-state index contributed by atoms with van der Waals surface area (Å²) in [5.41, 5.74) is 4.27. The molecule has 0 radical (unpaired) electrons. The number of hydrogen-bond donors (Lipinski definition) is 2. The zero-order valence-electron chi connectivity index (χ0n) is 27.3. The van der Waals surface area contributed by atoms with Gasteiger partial charge in [0.2, 0.25) is 0 Å². The number of benzene rings is 2. The molecule has 4 rings (SSSR count). The van der Waals surface area contributed by atoms with Gasteiger partial charge in [-0.15, -0.1) is 0 Å². The van der Waals surface area contributed by atoms with Crippen LogP contribution in [0.1, 0.15) is 72.6 Å². The quantitative estimate of drug-likeness (QED) is 0.137. The number of hydrogen-bond acceptors (Lipinski definition) is 6. The van der Waals surface area contributed by atoms with Crippen LogP contribution in [-0.4, -0.2) is 41.7 Å². The van der Waals surface area contributed by atoms with E-state index in [1.54, 1.807) is 0 Å². The minimum absolute atomic E-state index is 0.000910. The second kappa shape index (κ2) is 13.8. The summed E-state index contributed by atoms with van der Waals surface area (Å²) >= 11 is 0. The van der Waals surface area contributed by atoms with Crippen molar-refractivity contribution in [2.24, 2.45) is 5.41 Å². The lowest BCUT2D eigenvalue weighted by Crippen LogP contribution is -2.42.